The summed E-state index contributed by atoms with van der Waals surface area (Å²) in [7, 11) is 1.68. The molecule has 150 valence electrons. The minimum atomic E-state index is -0.442. The number of nitrogens with zero attached hydrogens (tertiary/aromatic N) is 2. The maximum atomic E-state index is 13.7. The highest BCUT2D eigenvalue weighted by atomic mass is 19.1. The number of benzene rings is 2. The van der Waals surface area contributed by atoms with Crippen molar-refractivity contribution in [2.45, 2.75) is 19.4 Å². The van der Waals surface area contributed by atoms with Gasteiger partial charge in [-0.1, -0.05) is 30.3 Å². The van der Waals surface area contributed by atoms with Gasteiger partial charge in [0.05, 0.1) is 0 Å². The summed E-state index contributed by atoms with van der Waals surface area (Å²) in [6, 6.07) is 14.0. The molecule has 4 nitrogen and oxygen atoms in total. The number of hydrogen-bond acceptors (Lipinski definition) is 2. The summed E-state index contributed by atoms with van der Waals surface area (Å²) < 4.78 is 27.0. The molecular weight excluding hydrogens is 358 g/mol. The minimum absolute atomic E-state index is 0.192. The van der Waals surface area contributed by atoms with Gasteiger partial charge < -0.3 is 15.5 Å². The lowest BCUT2D eigenvalue weighted by Gasteiger charge is -2.17. The summed E-state index contributed by atoms with van der Waals surface area (Å²) >= 11 is 0. The van der Waals surface area contributed by atoms with Crippen LogP contribution in [0, 0.1) is 17.6 Å². The highest BCUT2D eigenvalue weighted by Crippen LogP contribution is 2.16. The van der Waals surface area contributed by atoms with E-state index in [-0.39, 0.29) is 12.1 Å². The Morgan fingerprint density at radius 3 is 2.75 bits per heavy atom. The molecule has 3 rings (SSSR count). The Morgan fingerprint density at radius 2 is 1.96 bits per heavy atom. The third kappa shape index (κ3) is 6.02. The zero-order valence-electron chi connectivity index (χ0n) is 16.3. The molecule has 1 unspecified atom stereocenters. The zero-order valence-corrected chi connectivity index (χ0v) is 16.3. The van der Waals surface area contributed by atoms with Gasteiger partial charge in [0.2, 0.25) is 0 Å². The average molecular weight is 386 g/mol. The van der Waals surface area contributed by atoms with Crippen LogP contribution in [-0.2, 0) is 13.0 Å². The Morgan fingerprint density at radius 1 is 1.14 bits per heavy atom. The van der Waals surface area contributed by atoms with E-state index in [4.69, 9.17) is 0 Å². The number of likely N-dealkylation sites (tertiary alicyclic amines) is 1. The van der Waals surface area contributed by atoms with Gasteiger partial charge in [-0.15, -0.1) is 0 Å². The second-order valence-corrected chi connectivity index (χ2v) is 7.23. The Bertz CT molecular complexity index is 779. The van der Waals surface area contributed by atoms with Crippen LogP contribution >= 0.6 is 0 Å². The summed E-state index contributed by atoms with van der Waals surface area (Å²) in [5.74, 6) is 0.295. The van der Waals surface area contributed by atoms with E-state index in [0.717, 1.165) is 51.2 Å². The smallest absolute Gasteiger partial charge is 0.191 e. The van der Waals surface area contributed by atoms with Crippen molar-refractivity contribution in [3.8, 4) is 0 Å². The van der Waals surface area contributed by atoms with Crippen molar-refractivity contribution in [1.29, 1.82) is 0 Å². The van der Waals surface area contributed by atoms with E-state index in [9.17, 15) is 8.78 Å². The molecule has 0 spiro atoms. The summed E-state index contributed by atoms with van der Waals surface area (Å²) in [6.07, 6.45) is 2.22. The molecule has 1 atom stereocenters. The van der Waals surface area contributed by atoms with Crippen LogP contribution < -0.4 is 10.6 Å². The lowest BCUT2D eigenvalue weighted by molar-refractivity contribution is 0.328. The third-order valence-electron chi connectivity index (χ3n) is 5.17. The first-order valence-electron chi connectivity index (χ1n) is 9.79. The number of aliphatic imine (C=N–C) groups is 1. The Labute approximate surface area is 165 Å². The molecule has 0 aliphatic carbocycles. The fourth-order valence-corrected chi connectivity index (χ4v) is 3.53. The van der Waals surface area contributed by atoms with Crippen molar-refractivity contribution in [1.82, 2.24) is 15.5 Å². The fraction of sp³-hybridized carbons (Fsp3) is 0.409. The van der Waals surface area contributed by atoms with Crippen LogP contribution in [0.4, 0.5) is 8.78 Å². The topological polar surface area (TPSA) is 39.7 Å². The van der Waals surface area contributed by atoms with E-state index in [1.165, 1.54) is 11.6 Å². The van der Waals surface area contributed by atoms with Crippen molar-refractivity contribution in [3.05, 3.63) is 71.3 Å². The predicted molar refractivity (Wildman–Crippen MR) is 109 cm³/mol. The second-order valence-electron chi connectivity index (χ2n) is 7.23. The summed E-state index contributed by atoms with van der Waals surface area (Å²) in [6.45, 7) is 4.26. The molecule has 1 aliphatic rings. The van der Waals surface area contributed by atoms with Crippen molar-refractivity contribution < 1.29 is 8.78 Å². The van der Waals surface area contributed by atoms with Gasteiger partial charge in [0.1, 0.15) is 11.6 Å². The van der Waals surface area contributed by atoms with Crippen LogP contribution in [0.2, 0.25) is 0 Å². The number of rotatable bonds is 7. The number of nitrogens with one attached hydrogen (secondary N) is 2. The first-order valence-corrected chi connectivity index (χ1v) is 9.79. The van der Waals surface area contributed by atoms with Crippen molar-refractivity contribution >= 4 is 5.96 Å². The van der Waals surface area contributed by atoms with Gasteiger partial charge in [0.25, 0.3) is 0 Å². The zero-order chi connectivity index (χ0) is 19.8. The largest absolute Gasteiger partial charge is 0.356 e. The maximum absolute atomic E-state index is 13.7. The number of halogens is 2. The molecule has 1 heterocycles. The molecule has 0 amide bonds. The number of hydrogen-bond donors (Lipinski definition) is 2. The first-order chi connectivity index (χ1) is 13.6. The monoisotopic (exact) mass is 386 g/mol. The highest BCUT2D eigenvalue weighted by Gasteiger charge is 2.22. The predicted octanol–water partition coefficient (Wildman–Crippen LogP) is 3.19. The fourth-order valence-electron chi connectivity index (χ4n) is 3.53. The summed E-state index contributed by atoms with van der Waals surface area (Å²) in [5.41, 5.74) is 1.66. The second kappa shape index (κ2) is 10.2. The molecule has 1 fully saturated rings. The molecule has 2 aromatic rings. The van der Waals surface area contributed by atoms with Gasteiger partial charge in [-0.25, -0.2) is 8.78 Å². The Hall–Kier alpha value is -2.47. The molecule has 2 aromatic carbocycles. The lowest BCUT2D eigenvalue weighted by Crippen LogP contribution is -2.40. The van der Waals surface area contributed by atoms with Crippen LogP contribution in [0.5, 0.6) is 0 Å². The van der Waals surface area contributed by atoms with Crippen LogP contribution in [0.3, 0.4) is 0 Å². The quantitative estimate of drug-likeness (QED) is 0.567. The molecule has 1 aliphatic heterocycles. The van der Waals surface area contributed by atoms with E-state index >= 15 is 0 Å². The van der Waals surface area contributed by atoms with Crippen LogP contribution in [0.15, 0.2) is 53.5 Å². The molecule has 0 saturated carbocycles. The SMILES string of the molecule is CN=C(NCc1cc(F)ccc1F)NCC1CCN(CCc2ccccc2)C1. The normalized spacial score (nSPS) is 17.7. The Balaban J connectivity index is 1.39. The van der Waals surface area contributed by atoms with E-state index in [0.29, 0.717) is 11.9 Å². The van der Waals surface area contributed by atoms with E-state index in [1.54, 1.807) is 7.05 Å². The Kier molecular flexibility index (Phi) is 7.37. The summed E-state index contributed by atoms with van der Waals surface area (Å²) in [5, 5.41) is 6.36. The molecule has 2 N–H and O–H groups in total. The van der Waals surface area contributed by atoms with Crippen molar-refractivity contribution in [2.24, 2.45) is 10.9 Å². The molecular formula is C22H28F2N4. The summed E-state index contributed by atoms with van der Waals surface area (Å²) in [4.78, 5) is 6.67. The van der Waals surface area contributed by atoms with E-state index in [2.05, 4.69) is 44.8 Å². The third-order valence-corrected chi connectivity index (χ3v) is 5.17. The van der Waals surface area contributed by atoms with Gasteiger partial charge in [0, 0.05) is 38.8 Å². The van der Waals surface area contributed by atoms with Crippen LogP contribution in [-0.4, -0.2) is 44.1 Å². The standard InChI is InChI=1S/C22H28F2N4/c1-25-22(27-15-19-13-20(23)7-8-21(19)24)26-14-18-10-12-28(16-18)11-9-17-5-3-2-4-6-17/h2-8,13,18H,9-12,14-16H2,1H3,(H2,25,26,27). The van der Waals surface area contributed by atoms with E-state index in [1.807, 2.05) is 6.07 Å². The molecule has 1 saturated heterocycles. The van der Waals surface area contributed by atoms with Crippen LogP contribution in [0.25, 0.3) is 0 Å². The van der Waals surface area contributed by atoms with Crippen molar-refractivity contribution in [2.75, 3.05) is 33.2 Å². The van der Waals surface area contributed by atoms with Gasteiger partial charge in [0.15, 0.2) is 5.96 Å². The lowest BCUT2D eigenvalue weighted by atomic mass is 10.1. The molecule has 28 heavy (non-hydrogen) atoms. The molecule has 0 radical (unpaired) electrons. The van der Waals surface area contributed by atoms with Gasteiger partial charge in [-0.2, -0.15) is 0 Å². The van der Waals surface area contributed by atoms with Gasteiger partial charge in [-0.3, -0.25) is 4.99 Å². The first kappa shape index (κ1) is 20.3. The maximum Gasteiger partial charge on any atom is 0.191 e. The molecule has 6 heteroatoms. The van der Waals surface area contributed by atoms with Gasteiger partial charge >= 0.3 is 0 Å². The van der Waals surface area contributed by atoms with Crippen LogP contribution in [0.1, 0.15) is 17.5 Å². The highest BCUT2D eigenvalue weighted by molar-refractivity contribution is 5.79. The van der Waals surface area contributed by atoms with Crippen molar-refractivity contribution in [3.63, 3.8) is 0 Å². The average Bonchev–Trinajstić information content (AvgIpc) is 3.17. The number of guanidine groups is 1. The molecule has 0 aromatic heterocycles. The minimum Gasteiger partial charge on any atom is -0.356 e. The molecule has 0 bridgehead atoms. The van der Waals surface area contributed by atoms with E-state index < -0.39 is 11.6 Å². The van der Waals surface area contributed by atoms with Gasteiger partial charge in [-0.05, 0) is 49.1 Å².